The first-order valence-electron chi connectivity index (χ1n) is 8.38. The van der Waals surface area contributed by atoms with Crippen molar-refractivity contribution in [3.8, 4) is 0 Å². The van der Waals surface area contributed by atoms with Crippen molar-refractivity contribution in [2.45, 2.75) is 33.2 Å². The van der Waals surface area contributed by atoms with Crippen LogP contribution in [0.15, 0.2) is 18.5 Å². The lowest BCUT2D eigenvalue weighted by Crippen LogP contribution is -2.45. The monoisotopic (exact) mass is 321 g/mol. The van der Waals surface area contributed by atoms with E-state index >= 15 is 0 Å². The number of nitrogens with zero attached hydrogens (tertiary/aromatic N) is 4. The minimum Gasteiger partial charge on any atom is -0.341 e. The van der Waals surface area contributed by atoms with Crippen molar-refractivity contribution in [2.24, 2.45) is 5.92 Å². The largest absolute Gasteiger partial charge is 0.341 e. The van der Waals surface area contributed by atoms with E-state index in [4.69, 9.17) is 0 Å². The molecule has 2 rings (SSSR count). The van der Waals surface area contributed by atoms with Crippen molar-refractivity contribution in [1.29, 1.82) is 0 Å². The quantitative estimate of drug-likeness (QED) is 0.855. The van der Waals surface area contributed by atoms with Crippen LogP contribution in [0.2, 0.25) is 0 Å². The van der Waals surface area contributed by atoms with Crippen molar-refractivity contribution in [3.05, 3.63) is 18.5 Å². The summed E-state index contributed by atoms with van der Waals surface area (Å²) in [5, 5.41) is 7.10. The minimum absolute atomic E-state index is 0.0455. The SMILES string of the molecule is CCCN1CCCN(C(=O)NC[C@@H](C)Cn2cccn2)CC1=O. The summed E-state index contributed by atoms with van der Waals surface area (Å²) in [5.74, 6) is 0.321. The van der Waals surface area contributed by atoms with E-state index < -0.39 is 0 Å². The summed E-state index contributed by atoms with van der Waals surface area (Å²) in [6.45, 7) is 7.78. The number of rotatable bonds is 6. The average Bonchev–Trinajstić information content (AvgIpc) is 2.96. The van der Waals surface area contributed by atoms with Crippen molar-refractivity contribution in [1.82, 2.24) is 24.9 Å². The zero-order valence-electron chi connectivity index (χ0n) is 14.1. The lowest BCUT2D eigenvalue weighted by atomic mass is 10.2. The first kappa shape index (κ1) is 17.3. The van der Waals surface area contributed by atoms with Gasteiger partial charge in [-0.2, -0.15) is 5.10 Å². The normalized spacial score (nSPS) is 17.0. The van der Waals surface area contributed by atoms with E-state index in [0.29, 0.717) is 13.1 Å². The molecule has 1 saturated heterocycles. The van der Waals surface area contributed by atoms with Crippen LogP contribution in [0.5, 0.6) is 0 Å². The molecule has 1 atom stereocenters. The van der Waals surface area contributed by atoms with E-state index in [0.717, 1.165) is 32.5 Å². The molecule has 0 unspecified atom stereocenters. The molecule has 128 valence electrons. The summed E-state index contributed by atoms with van der Waals surface area (Å²) in [6, 6.07) is 1.74. The number of carbonyl (C=O) groups excluding carboxylic acids is 2. The van der Waals surface area contributed by atoms with Gasteiger partial charge in [-0.25, -0.2) is 4.79 Å². The van der Waals surface area contributed by atoms with Gasteiger partial charge in [-0.3, -0.25) is 9.48 Å². The lowest BCUT2D eigenvalue weighted by molar-refractivity contribution is -0.130. The fourth-order valence-electron chi connectivity index (χ4n) is 2.76. The van der Waals surface area contributed by atoms with Crippen LogP contribution in [0.1, 0.15) is 26.7 Å². The predicted molar refractivity (Wildman–Crippen MR) is 87.9 cm³/mol. The van der Waals surface area contributed by atoms with Crippen molar-refractivity contribution >= 4 is 11.9 Å². The Kier molecular flexibility index (Phi) is 6.43. The van der Waals surface area contributed by atoms with Gasteiger partial charge in [0.2, 0.25) is 5.91 Å². The van der Waals surface area contributed by atoms with Crippen LogP contribution in [0, 0.1) is 5.92 Å². The number of urea groups is 1. The van der Waals surface area contributed by atoms with E-state index in [-0.39, 0.29) is 24.4 Å². The van der Waals surface area contributed by atoms with Gasteiger partial charge in [0.1, 0.15) is 6.54 Å². The molecule has 1 aromatic heterocycles. The van der Waals surface area contributed by atoms with Gasteiger partial charge in [0.25, 0.3) is 0 Å². The Labute approximate surface area is 137 Å². The molecule has 0 aromatic carbocycles. The fourth-order valence-corrected chi connectivity index (χ4v) is 2.76. The second-order valence-corrected chi connectivity index (χ2v) is 6.18. The molecule has 1 aromatic rings. The van der Waals surface area contributed by atoms with E-state index in [1.807, 2.05) is 21.8 Å². The number of nitrogens with one attached hydrogen (secondary N) is 1. The summed E-state index contributed by atoms with van der Waals surface area (Å²) in [7, 11) is 0. The average molecular weight is 321 g/mol. The molecule has 23 heavy (non-hydrogen) atoms. The van der Waals surface area contributed by atoms with Gasteiger partial charge in [-0.15, -0.1) is 0 Å². The molecule has 1 N–H and O–H groups in total. The van der Waals surface area contributed by atoms with Crippen LogP contribution in [-0.4, -0.2) is 64.2 Å². The fraction of sp³-hybridized carbons (Fsp3) is 0.688. The van der Waals surface area contributed by atoms with Crippen LogP contribution in [-0.2, 0) is 11.3 Å². The number of hydrogen-bond donors (Lipinski definition) is 1. The van der Waals surface area contributed by atoms with Crippen LogP contribution in [0.4, 0.5) is 4.79 Å². The van der Waals surface area contributed by atoms with E-state index in [9.17, 15) is 9.59 Å². The molecule has 1 aliphatic heterocycles. The summed E-state index contributed by atoms with van der Waals surface area (Å²) < 4.78 is 1.86. The van der Waals surface area contributed by atoms with E-state index in [1.165, 1.54) is 0 Å². The lowest BCUT2D eigenvalue weighted by Gasteiger charge is -2.22. The van der Waals surface area contributed by atoms with E-state index in [2.05, 4.69) is 24.3 Å². The first-order valence-corrected chi connectivity index (χ1v) is 8.38. The zero-order chi connectivity index (χ0) is 16.7. The molecule has 0 aliphatic carbocycles. The maximum atomic E-state index is 12.3. The van der Waals surface area contributed by atoms with Crippen molar-refractivity contribution in [3.63, 3.8) is 0 Å². The Morgan fingerprint density at radius 3 is 2.96 bits per heavy atom. The number of aromatic nitrogens is 2. The molecule has 3 amide bonds. The summed E-state index contributed by atoms with van der Waals surface area (Å²) >= 11 is 0. The molecular formula is C16H27N5O2. The van der Waals surface area contributed by atoms with Crippen LogP contribution in [0.25, 0.3) is 0 Å². The molecule has 0 spiro atoms. The third-order valence-corrected chi connectivity index (χ3v) is 3.98. The van der Waals surface area contributed by atoms with Gasteiger partial charge in [0, 0.05) is 45.1 Å². The van der Waals surface area contributed by atoms with Gasteiger partial charge in [-0.05, 0) is 24.8 Å². The first-order chi connectivity index (χ1) is 11.1. The maximum Gasteiger partial charge on any atom is 0.317 e. The topological polar surface area (TPSA) is 70.5 Å². The van der Waals surface area contributed by atoms with Crippen molar-refractivity contribution in [2.75, 3.05) is 32.7 Å². The van der Waals surface area contributed by atoms with Gasteiger partial charge in [-0.1, -0.05) is 13.8 Å². The van der Waals surface area contributed by atoms with E-state index in [1.54, 1.807) is 11.1 Å². The number of hydrogen-bond acceptors (Lipinski definition) is 3. The Balaban J connectivity index is 1.77. The Bertz CT molecular complexity index is 503. The van der Waals surface area contributed by atoms with Gasteiger partial charge in [0.15, 0.2) is 0 Å². The van der Waals surface area contributed by atoms with Crippen molar-refractivity contribution < 1.29 is 9.59 Å². The smallest absolute Gasteiger partial charge is 0.317 e. The molecule has 0 bridgehead atoms. The van der Waals surface area contributed by atoms with Gasteiger partial charge < -0.3 is 15.1 Å². The molecule has 1 aliphatic rings. The molecule has 7 nitrogen and oxygen atoms in total. The van der Waals surface area contributed by atoms with Crippen LogP contribution in [0.3, 0.4) is 0 Å². The minimum atomic E-state index is -0.149. The third kappa shape index (κ3) is 5.26. The molecular weight excluding hydrogens is 294 g/mol. The predicted octanol–water partition coefficient (Wildman–Crippen LogP) is 1.17. The molecule has 0 radical (unpaired) electrons. The molecule has 0 saturated carbocycles. The second-order valence-electron chi connectivity index (χ2n) is 6.18. The molecule has 1 fully saturated rings. The van der Waals surface area contributed by atoms with Gasteiger partial charge in [0.05, 0.1) is 0 Å². The zero-order valence-corrected chi connectivity index (χ0v) is 14.1. The summed E-state index contributed by atoms with van der Waals surface area (Å²) in [6.07, 6.45) is 5.44. The standard InChI is InChI=1S/C16H27N5O2/c1-3-7-19-8-5-9-20(13-15(19)22)16(23)17-11-14(2)12-21-10-4-6-18-21/h4,6,10,14H,3,5,7-9,11-13H2,1-2H3,(H,17,23)/t14-/m1/s1. The number of carbonyl (C=O) groups is 2. The molecule has 2 heterocycles. The summed E-state index contributed by atoms with van der Waals surface area (Å²) in [4.78, 5) is 27.9. The highest BCUT2D eigenvalue weighted by atomic mass is 16.2. The highest BCUT2D eigenvalue weighted by Crippen LogP contribution is 2.06. The number of amides is 3. The highest BCUT2D eigenvalue weighted by molar-refractivity contribution is 5.84. The Morgan fingerprint density at radius 1 is 1.43 bits per heavy atom. The second kappa shape index (κ2) is 8.55. The maximum absolute atomic E-state index is 12.3. The van der Waals surface area contributed by atoms with Gasteiger partial charge >= 0.3 is 6.03 Å². The Morgan fingerprint density at radius 2 is 2.26 bits per heavy atom. The molecule has 7 heteroatoms. The summed E-state index contributed by atoms with van der Waals surface area (Å²) in [5.41, 5.74) is 0. The van der Waals surface area contributed by atoms with Crippen LogP contribution < -0.4 is 5.32 Å². The third-order valence-electron chi connectivity index (χ3n) is 3.98. The highest BCUT2D eigenvalue weighted by Gasteiger charge is 2.24. The van der Waals surface area contributed by atoms with Crippen LogP contribution >= 0.6 is 0 Å². The Hall–Kier alpha value is -2.05.